The number of nitrogens with one attached hydrogen (secondary N) is 2. The van der Waals surface area contributed by atoms with Gasteiger partial charge in [0.2, 0.25) is 0 Å². The zero-order valence-electron chi connectivity index (χ0n) is 12.7. The Labute approximate surface area is 121 Å². The van der Waals surface area contributed by atoms with Crippen LogP contribution in [0.3, 0.4) is 0 Å². The first-order valence-electron chi connectivity index (χ1n) is 7.32. The molecule has 5 heteroatoms. The highest BCUT2D eigenvalue weighted by molar-refractivity contribution is 5.94. The molecule has 1 amide bonds. The van der Waals surface area contributed by atoms with Gasteiger partial charge in [-0.15, -0.1) is 0 Å². The molecule has 0 fully saturated rings. The van der Waals surface area contributed by atoms with E-state index in [4.69, 9.17) is 5.84 Å². The van der Waals surface area contributed by atoms with Crippen molar-refractivity contribution < 1.29 is 4.79 Å². The van der Waals surface area contributed by atoms with Gasteiger partial charge in [-0.05, 0) is 37.3 Å². The molecule has 1 aromatic rings. The second-order valence-corrected chi connectivity index (χ2v) is 5.42. The molecule has 0 aromatic carbocycles. The molecule has 0 saturated carbocycles. The summed E-state index contributed by atoms with van der Waals surface area (Å²) in [6.45, 7) is 7.14. The summed E-state index contributed by atoms with van der Waals surface area (Å²) >= 11 is 0. The minimum atomic E-state index is -0.0648. The zero-order valence-corrected chi connectivity index (χ0v) is 12.7. The van der Waals surface area contributed by atoms with Gasteiger partial charge in [0.25, 0.3) is 5.91 Å². The maximum Gasteiger partial charge on any atom is 0.251 e. The van der Waals surface area contributed by atoms with E-state index in [2.05, 4.69) is 36.5 Å². The number of carbonyl (C=O) groups excluding carboxylic acids is 1. The summed E-state index contributed by atoms with van der Waals surface area (Å²) in [5.74, 6) is 6.52. The predicted molar refractivity (Wildman–Crippen MR) is 82.4 cm³/mol. The van der Waals surface area contributed by atoms with E-state index in [1.807, 2.05) is 6.07 Å². The Hall–Kier alpha value is -1.62. The number of anilines is 1. The van der Waals surface area contributed by atoms with Crippen LogP contribution in [0, 0.1) is 5.92 Å². The van der Waals surface area contributed by atoms with Crippen LogP contribution in [0.1, 0.15) is 56.1 Å². The standard InChI is InChI=1S/C15H26N4O/c1-4-6-13-9-12(10-14(18-13)19-16)15(20)17-8-5-7-11(2)3/h9-11H,4-8,16H2,1-3H3,(H,17,20)(H,18,19). The van der Waals surface area contributed by atoms with Gasteiger partial charge in [0, 0.05) is 17.8 Å². The fourth-order valence-corrected chi connectivity index (χ4v) is 1.99. The molecule has 0 saturated heterocycles. The average molecular weight is 278 g/mol. The highest BCUT2D eigenvalue weighted by Crippen LogP contribution is 2.11. The first-order valence-corrected chi connectivity index (χ1v) is 7.32. The van der Waals surface area contributed by atoms with Crippen molar-refractivity contribution in [3.63, 3.8) is 0 Å². The lowest BCUT2D eigenvalue weighted by Gasteiger charge is -2.09. The van der Waals surface area contributed by atoms with Gasteiger partial charge >= 0.3 is 0 Å². The number of amides is 1. The topological polar surface area (TPSA) is 80.0 Å². The average Bonchev–Trinajstić information content (AvgIpc) is 2.43. The molecule has 20 heavy (non-hydrogen) atoms. The maximum absolute atomic E-state index is 12.1. The lowest BCUT2D eigenvalue weighted by atomic mass is 10.1. The first kappa shape index (κ1) is 16.4. The van der Waals surface area contributed by atoms with Gasteiger partial charge in [0.05, 0.1) is 0 Å². The van der Waals surface area contributed by atoms with Gasteiger partial charge in [0.15, 0.2) is 0 Å². The molecule has 1 aromatic heterocycles. The zero-order chi connectivity index (χ0) is 15.0. The van der Waals surface area contributed by atoms with Crippen LogP contribution in [0.2, 0.25) is 0 Å². The fraction of sp³-hybridized carbons (Fsp3) is 0.600. The summed E-state index contributed by atoms with van der Waals surface area (Å²) in [4.78, 5) is 16.4. The number of pyridine rings is 1. The highest BCUT2D eigenvalue weighted by atomic mass is 16.1. The van der Waals surface area contributed by atoms with Crippen molar-refractivity contribution in [3.8, 4) is 0 Å². The third kappa shape index (κ3) is 5.57. The molecule has 0 aliphatic rings. The number of aryl methyl sites for hydroxylation is 1. The largest absolute Gasteiger partial charge is 0.352 e. The van der Waals surface area contributed by atoms with Crippen LogP contribution in [0.15, 0.2) is 12.1 Å². The molecule has 0 atom stereocenters. The van der Waals surface area contributed by atoms with E-state index in [9.17, 15) is 4.79 Å². The minimum Gasteiger partial charge on any atom is -0.352 e. The maximum atomic E-state index is 12.1. The molecular formula is C15H26N4O. The van der Waals surface area contributed by atoms with Crippen LogP contribution in [0.5, 0.6) is 0 Å². The monoisotopic (exact) mass is 278 g/mol. The van der Waals surface area contributed by atoms with Gasteiger partial charge in [-0.3, -0.25) is 4.79 Å². The molecule has 112 valence electrons. The van der Waals surface area contributed by atoms with Crippen molar-refractivity contribution in [3.05, 3.63) is 23.4 Å². The molecule has 0 unspecified atom stereocenters. The van der Waals surface area contributed by atoms with E-state index in [0.717, 1.165) is 31.4 Å². The van der Waals surface area contributed by atoms with E-state index >= 15 is 0 Å². The van der Waals surface area contributed by atoms with Crippen molar-refractivity contribution in [1.29, 1.82) is 0 Å². The van der Waals surface area contributed by atoms with Gasteiger partial charge in [-0.25, -0.2) is 10.8 Å². The SMILES string of the molecule is CCCc1cc(C(=O)NCCCC(C)C)cc(NN)n1. The molecule has 1 heterocycles. The van der Waals surface area contributed by atoms with E-state index in [-0.39, 0.29) is 5.91 Å². The lowest BCUT2D eigenvalue weighted by Crippen LogP contribution is -2.25. The molecular weight excluding hydrogens is 252 g/mol. The molecule has 5 nitrogen and oxygen atoms in total. The second-order valence-electron chi connectivity index (χ2n) is 5.42. The molecule has 1 rings (SSSR count). The Morgan fingerprint density at radius 2 is 2.15 bits per heavy atom. The molecule has 0 bridgehead atoms. The number of nitrogen functional groups attached to an aromatic ring is 1. The van der Waals surface area contributed by atoms with Crippen molar-refractivity contribution >= 4 is 11.7 Å². The van der Waals surface area contributed by atoms with E-state index in [1.54, 1.807) is 6.07 Å². The van der Waals surface area contributed by atoms with Crippen LogP contribution in [-0.4, -0.2) is 17.4 Å². The van der Waals surface area contributed by atoms with E-state index in [1.165, 1.54) is 0 Å². The van der Waals surface area contributed by atoms with Crippen molar-refractivity contribution in [2.75, 3.05) is 12.0 Å². The number of hydrogen-bond donors (Lipinski definition) is 3. The van der Waals surface area contributed by atoms with Crippen LogP contribution >= 0.6 is 0 Å². The number of hydrogen-bond acceptors (Lipinski definition) is 4. The van der Waals surface area contributed by atoms with Crippen LogP contribution in [0.4, 0.5) is 5.82 Å². The van der Waals surface area contributed by atoms with Crippen LogP contribution < -0.4 is 16.6 Å². The van der Waals surface area contributed by atoms with Crippen molar-refractivity contribution in [1.82, 2.24) is 10.3 Å². The number of aromatic nitrogens is 1. The summed E-state index contributed by atoms with van der Waals surface area (Å²) in [5.41, 5.74) is 4.01. The fourth-order valence-electron chi connectivity index (χ4n) is 1.99. The smallest absolute Gasteiger partial charge is 0.251 e. The minimum absolute atomic E-state index is 0.0648. The van der Waals surface area contributed by atoms with E-state index in [0.29, 0.717) is 23.8 Å². The Bertz CT molecular complexity index is 432. The number of carbonyl (C=O) groups is 1. The third-order valence-corrected chi connectivity index (χ3v) is 3.04. The van der Waals surface area contributed by atoms with Crippen LogP contribution in [0.25, 0.3) is 0 Å². The van der Waals surface area contributed by atoms with Gasteiger partial charge < -0.3 is 10.7 Å². The molecule has 0 aliphatic heterocycles. The summed E-state index contributed by atoms with van der Waals surface area (Å²) in [7, 11) is 0. The summed E-state index contributed by atoms with van der Waals surface area (Å²) in [6, 6.07) is 3.51. The Kier molecular flexibility index (Phi) is 7.01. The number of nitrogens with two attached hydrogens (primary N) is 1. The third-order valence-electron chi connectivity index (χ3n) is 3.04. The highest BCUT2D eigenvalue weighted by Gasteiger charge is 2.09. The second kappa shape index (κ2) is 8.53. The first-order chi connectivity index (χ1) is 9.56. The Morgan fingerprint density at radius 1 is 1.40 bits per heavy atom. The van der Waals surface area contributed by atoms with E-state index < -0.39 is 0 Å². The van der Waals surface area contributed by atoms with Gasteiger partial charge in [-0.2, -0.15) is 0 Å². The van der Waals surface area contributed by atoms with Crippen molar-refractivity contribution in [2.45, 2.75) is 46.5 Å². The Balaban J connectivity index is 2.64. The van der Waals surface area contributed by atoms with Crippen LogP contribution in [-0.2, 0) is 6.42 Å². The summed E-state index contributed by atoms with van der Waals surface area (Å²) in [5, 5.41) is 2.94. The van der Waals surface area contributed by atoms with Crippen molar-refractivity contribution in [2.24, 2.45) is 11.8 Å². The van der Waals surface area contributed by atoms with Gasteiger partial charge in [-0.1, -0.05) is 27.2 Å². The lowest BCUT2D eigenvalue weighted by molar-refractivity contribution is 0.0952. The van der Waals surface area contributed by atoms with Gasteiger partial charge in [0.1, 0.15) is 5.82 Å². The molecule has 0 radical (unpaired) electrons. The molecule has 0 spiro atoms. The number of nitrogens with zero attached hydrogens (tertiary/aromatic N) is 1. The Morgan fingerprint density at radius 3 is 2.75 bits per heavy atom. The molecule has 0 aliphatic carbocycles. The quantitative estimate of drug-likeness (QED) is 0.388. The predicted octanol–water partition coefficient (Wildman–Crippen LogP) is 2.49. The summed E-state index contributed by atoms with van der Waals surface area (Å²) in [6.07, 6.45) is 3.94. The summed E-state index contributed by atoms with van der Waals surface area (Å²) < 4.78 is 0. The number of hydrazine groups is 1. The molecule has 4 N–H and O–H groups in total. The normalized spacial score (nSPS) is 10.7. The number of rotatable bonds is 8.